The average molecular weight is 414 g/mol. The van der Waals surface area contributed by atoms with Gasteiger partial charge < -0.3 is 34.9 Å². The first-order valence-electron chi connectivity index (χ1n) is 9.46. The number of benzene rings is 1. The lowest BCUT2D eigenvalue weighted by Gasteiger charge is -2.40. The summed E-state index contributed by atoms with van der Waals surface area (Å²) in [5.41, 5.74) is 1.85. The number of rotatable bonds is 4. The molecule has 0 aliphatic carbocycles. The number of ether oxygens (including phenoxy) is 1. The van der Waals surface area contributed by atoms with Gasteiger partial charge in [-0.3, -0.25) is 4.98 Å². The fraction of sp³-hybridized carbons (Fsp3) is 0.333. The Kier molecular flexibility index (Phi) is 5.54. The van der Waals surface area contributed by atoms with Gasteiger partial charge in [-0.15, -0.1) is 0 Å². The number of aryl methyl sites for hydroxylation is 1. The summed E-state index contributed by atoms with van der Waals surface area (Å²) in [7, 11) is 0. The second kappa shape index (κ2) is 8.13. The first-order valence-corrected chi connectivity index (χ1v) is 9.46. The molecule has 0 spiro atoms. The Hall–Kier alpha value is -2.82. The van der Waals surface area contributed by atoms with Gasteiger partial charge in [-0.25, -0.2) is 4.79 Å². The van der Waals surface area contributed by atoms with E-state index in [-0.39, 0.29) is 0 Å². The number of anilines is 1. The van der Waals surface area contributed by atoms with Gasteiger partial charge in [0.05, 0.1) is 17.9 Å². The molecule has 5 atom stereocenters. The second-order valence-corrected chi connectivity index (χ2v) is 7.21. The minimum atomic E-state index is -1.46. The van der Waals surface area contributed by atoms with Crippen LogP contribution < -0.4 is 10.9 Å². The summed E-state index contributed by atoms with van der Waals surface area (Å²) in [6, 6.07) is 9.24. The Morgan fingerprint density at radius 3 is 2.63 bits per heavy atom. The van der Waals surface area contributed by atoms with E-state index in [2.05, 4.69) is 10.3 Å². The van der Waals surface area contributed by atoms with E-state index in [0.29, 0.717) is 33.5 Å². The molecule has 3 unspecified atom stereocenters. The summed E-state index contributed by atoms with van der Waals surface area (Å²) in [6.07, 6.45) is -3.71. The van der Waals surface area contributed by atoms with Crippen LogP contribution in [0, 0.1) is 6.92 Å². The van der Waals surface area contributed by atoms with Gasteiger partial charge in [0, 0.05) is 23.3 Å². The molecule has 0 bridgehead atoms. The van der Waals surface area contributed by atoms with Gasteiger partial charge in [0.25, 0.3) is 0 Å². The zero-order valence-electron chi connectivity index (χ0n) is 16.1. The zero-order chi connectivity index (χ0) is 21.4. The van der Waals surface area contributed by atoms with Gasteiger partial charge in [-0.2, -0.15) is 0 Å². The van der Waals surface area contributed by atoms with E-state index >= 15 is 0 Å². The number of aromatic nitrogens is 1. The summed E-state index contributed by atoms with van der Waals surface area (Å²) >= 11 is 0. The molecular weight excluding hydrogens is 392 g/mol. The van der Waals surface area contributed by atoms with Crippen LogP contribution in [0.5, 0.6) is 0 Å². The van der Waals surface area contributed by atoms with Crippen LogP contribution in [-0.4, -0.2) is 62.7 Å². The molecule has 1 aliphatic rings. The van der Waals surface area contributed by atoms with Gasteiger partial charge in [0.2, 0.25) is 0 Å². The minimum absolute atomic E-state index is 0.316. The largest absolute Gasteiger partial charge is 0.422 e. The normalized spacial score (nSPS) is 26.6. The number of aliphatic hydroxyl groups excluding tert-OH is 4. The predicted octanol–water partition coefficient (Wildman–Crippen LogP) is 0.375. The van der Waals surface area contributed by atoms with Crippen LogP contribution in [0.15, 0.2) is 51.8 Å². The molecule has 3 aromatic rings. The maximum absolute atomic E-state index is 12.6. The maximum Gasteiger partial charge on any atom is 0.346 e. The van der Waals surface area contributed by atoms with Gasteiger partial charge in [-0.05, 0) is 36.8 Å². The van der Waals surface area contributed by atoms with E-state index in [4.69, 9.17) is 9.15 Å². The highest BCUT2D eigenvalue weighted by molar-refractivity contribution is 5.88. The summed E-state index contributed by atoms with van der Waals surface area (Å²) in [5.74, 6) is 0. The smallest absolute Gasteiger partial charge is 0.346 e. The fourth-order valence-electron chi connectivity index (χ4n) is 3.70. The molecule has 0 amide bonds. The SMILES string of the molecule is Cc1c(-c2ccccn2)c(=O)oc2cc(NC3C(O)OC(CO)[C@H](O)[C@H]3O)ccc12. The van der Waals surface area contributed by atoms with Crippen molar-refractivity contribution in [2.24, 2.45) is 0 Å². The maximum atomic E-state index is 12.6. The van der Waals surface area contributed by atoms with Crippen LogP contribution in [0.1, 0.15) is 5.56 Å². The lowest BCUT2D eigenvalue weighted by atomic mass is 9.96. The van der Waals surface area contributed by atoms with Crippen LogP contribution in [0.3, 0.4) is 0 Å². The summed E-state index contributed by atoms with van der Waals surface area (Å²) in [5, 5.41) is 43.2. The lowest BCUT2D eigenvalue weighted by Crippen LogP contribution is -2.61. The quantitative estimate of drug-likeness (QED) is 0.382. The van der Waals surface area contributed by atoms with Gasteiger partial charge in [-0.1, -0.05) is 6.07 Å². The van der Waals surface area contributed by atoms with Crippen molar-refractivity contribution in [2.45, 2.75) is 37.6 Å². The van der Waals surface area contributed by atoms with E-state index < -0.39 is 42.9 Å². The van der Waals surface area contributed by atoms with Crippen LogP contribution >= 0.6 is 0 Å². The van der Waals surface area contributed by atoms with Crippen LogP contribution in [0.25, 0.3) is 22.2 Å². The average Bonchev–Trinajstić information content (AvgIpc) is 2.74. The highest BCUT2D eigenvalue weighted by Gasteiger charge is 2.43. The number of hydrogen-bond acceptors (Lipinski definition) is 9. The highest BCUT2D eigenvalue weighted by Crippen LogP contribution is 2.29. The van der Waals surface area contributed by atoms with Crippen molar-refractivity contribution in [3.05, 3.63) is 58.6 Å². The number of hydrogen-bond donors (Lipinski definition) is 5. The molecule has 9 nitrogen and oxygen atoms in total. The van der Waals surface area contributed by atoms with E-state index in [0.717, 1.165) is 0 Å². The second-order valence-electron chi connectivity index (χ2n) is 7.21. The third kappa shape index (κ3) is 3.57. The first-order chi connectivity index (χ1) is 14.4. The molecule has 0 radical (unpaired) electrons. The van der Waals surface area contributed by atoms with Gasteiger partial charge in [0.15, 0.2) is 6.29 Å². The summed E-state index contributed by atoms with van der Waals surface area (Å²) in [4.78, 5) is 16.8. The number of pyridine rings is 1. The molecule has 2 aromatic heterocycles. The first kappa shape index (κ1) is 20.5. The van der Waals surface area contributed by atoms with Crippen LogP contribution in [0.2, 0.25) is 0 Å². The van der Waals surface area contributed by atoms with Crippen molar-refractivity contribution in [2.75, 3.05) is 11.9 Å². The van der Waals surface area contributed by atoms with Crippen molar-refractivity contribution in [1.29, 1.82) is 0 Å². The number of nitrogens with zero attached hydrogens (tertiary/aromatic N) is 1. The summed E-state index contributed by atoms with van der Waals surface area (Å²) in [6.45, 7) is 1.27. The topological polar surface area (TPSA) is 145 Å². The van der Waals surface area contributed by atoms with Crippen molar-refractivity contribution in [3.63, 3.8) is 0 Å². The predicted molar refractivity (Wildman–Crippen MR) is 108 cm³/mol. The van der Waals surface area contributed by atoms with E-state index in [1.165, 1.54) is 0 Å². The highest BCUT2D eigenvalue weighted by atomic mass is 16.6. The van der Waals surface area contributed by atoms with E-state index in [1.54, 1.807) is 42.6 Å². The van der Waals surface area contributed by atoms with Crippen molar-refractivity contribution >= 4 is 16.7 Å². The van der Waals surface area contributed by atoms with Gasteiger partial charge >= 0.3 is 5.63 Å². The van der Waals surface area contributed by atoms with Crippen molar-refractivity contribution < 1.29 is 29.6 Å². The van der Waals surface area contributed by atoms with Gasteiger partial charge in [0.1, 0.15) is 29.9 Å². The summed E-state index contributed by atoms with van der Waals surface area (Å²) < 4.78 is 10.6. The molecule has 1 aromatic carbocycles. The Balaban J connectivity index is 1.67. The number of fused-ring (bicyclic) bond motifs is 1. The third-order valence-corrected chi connectivity index (χ3v) is 5.32. The Morgan fingerprint density at radius 1 is 1.13 bits per heavy atom. The monoisotopic (exact) mass is 414 g/mol. The molecule has 3 heterocycles. The standard InChI is InChI=1S/C21H22N2O7/c1-10-12-6-5-11(23-17-19(26)18(25)15(9-24)30-21(17)28)8-14(12)29-20(27)16(10)13-4-2-3-7-22-13/h2-8,15,17-19,21,23-26,28H,9H2,1H3/t15?,17?,18-,19-,21?/m0/s1. The van der Waals surface area contributed by atoms with Crippen LogP contribution in [-0.2, 0) is 4.74 Å². The molecule has 1 saturated heterocycles. The minimum Gasteiger partial charge on any atom is -0.422 e. The molecule has 0 saturated carbocycles. The van der Waals surface area contributed by atoms with E-state index in [9.17, 15) is 25.2 Å². The molecular formula is C21H22N2O7. The molecule has 1 aliphatic heterocycles. The van der Waals surface area contributed by atoms with E-state index in [1.807, 2.05) is 6.92 Å². The van der Waals surface area contributed by atoms with Crippen molar-refractivity contribution in [1.82, 2.24) is 4.98 Å². The Morgan fingerprint density at radius 2 is 1.93 bits per heavy atom. The molecule has 9 heteroatoms. The number of aliphatic hydroxyl groups is 4. The fourth-order valence-corrected chi connectivity index (χ4v) is 3.70. The Bertz CT molecular complexity index is 1100. The molecule has 30 heavy (non-hydrogen) atoms. The molecule has 4 rings (SSSR count). The Labute approximate surface area is 171 Å². The molecule has 158 valence electrons. The lowest BCUT2D eigenvalue weighted by molar-refractivity contribution is -0.245. The third-order valence-electron chi connectivity index (χ3n) is 5.32. The number of nitrogens with one attached hydrogen (secondary N) is 1. The molecule has 5 N–H and O–H groups in total. The molecule has 1 fully saturated rings. The van der Waals surface area contributed by atoms with Crippen LogP contribution in [0.4, 0.5) is 5.69 Å². The van der Waals surface area contributed by atoms with Crippen molar-refractivity contribution in [3.8, 4) is 11.3 Å². The zero-order valence-corrected chi connectivity index (χ0v) is 16.1.